The molecule has 0 radical (unpaired) electrons. The van der Waals surface area contributed by atoms with E-state index < -0.39 is 0 Å². The molecule has 0 bridgehead atoms. The van der Waals surface area contributed by atoms with E-state index in [2.05, 4.69) is 82.4 Å². The molecular formula is C22H31NO. The predicted octanol–water partition coefficient (Wildman–Crippen LogP) is 6.09. The molecule has 2 heteroatoms. The van der Waals surface area contributed by atoms with Gasteiger partial charge in [-0.25, -0.2) is 0 Å². The van der Waals surface area contributed by atoms with Crippen LogP contribution in [0.3, 0.4) is 0 Å². The molecule has 0 saturated heterocycles. The molecule has 0 aliphatic heterocycles. The average molecular weight is 325 g/mol. The number of ether oxygens (including phenoxy) is 1. The Morgan fingerprint density at radius 3 is 2.21 bits per heavy atom. The van der Waals surface area contributed by atoms with Crippen LogP contribution in [0.4, 0.5) is 5.69 Å². The Balaban J connectivity index is 2.08. The van der Waals surface area contributed by atoms with Crippen molar-refractivity contribution >= 4 is 5.69 Å². The first-order valence-corrected chi connectivity index (χ1v) is 9.12. The van der Waals surface area contributed by atoms with Gasteiger partial charge in [-0.05, 0) is 55.4 Å². The van der Waals surface area contributed by atoms with Gasteiger partial charge in [-0.2, -0.15) is 0 Å². The summed E-state index contributed by atoms with van der Waals surface area (Å²) in [7, 11) is 0. The summed E-state index contributed by atoms with van der Waals surface area (Å²) < 4.78 is 6.36. The SMILES string of the molecule is CCC(CNc1c(C)cccc1C)Oc1ccccc1C(C)CC. The molecule has 2 unspecified atom stereocenters. The van der Waals surface area contributed by atoms with Crippen LogP contribution in [0.15, 0.2) is 42.5 Å². The average Bonchev–Trinajstić information content (AvgIpc) is 2.60. The van der Waals surface area contributed by atoms with E-state index in [0.717, 1.165) is 25.1 Å². The van der Waals surface area contributed by atoms with Gasteiger partial charge in [-0.1, -0.05) is 57.2 Å². The molecule has 0 heterocycles. The minimum absolute atomic E-state index is 0.161. The molecule has 0 fully saturated rings. The fourth-order valence-corrected chi connectivity index (χ4v) is 2.97. The quantitative estimate of drug-likeness (QED) is 0.634. The summed E-state index contributed by atoms with van der Waals surface area (Å²) in [4.78, 5) is 0. The first kappa shape index (κ1) is 18.4. The van der Waals surface area contributed by atoms with Crippen LogP contribution in [0.25, 0.3) is 0 Å². The smallest absolute Gasteiger partial charge is 0.123 e. The molecule has 130 valence electrons. The molecule has 0 aliphatic carbocycles. The summed E-state index contributed by atoms with van der Waals surface area (Å²) in [5.74, 6) is 1.55. The van der Waals surface area contributed by atoms with E-state index in [-0.39, 0.29) is 6.10 Å². The van der Waals surface area contributed by atoms with E-state index in [0.29, 0.717) is 5.92 Å². The lowest BCUT2D eigenvalue weighted by molar-refractivity contribution is 0.207. The molecule has 24 heavy (non-hydrogen) atoms. The molecule has 0 aromatic heterocycles. The maximum absolute atomic E-state index is 6.36. The summed E-state index contributed by atoms with van der Waals surface area (Å²) in [6.45, 7) is 11.8. The number of aryl methyl sites for hydroxylation is 2. The fourth-order valence-electron chi connectivity index (χ4n) is 2.97. The third-order valence-electron chi connectivity index (χ3n) is 4.80. The third-order valence-corrected chi connectivity index (χ3v) is 4.80. The zero-order valence-corrected chi connectivity index (χ0v) is 15.7. The minimum Gasteiger partial charge on any atom is -0.488 e. The van der Waals surface area contributed by atoms with E-state index in [1.807, 2.05) is 0 Å². The van der Waals surface area contributed by atoms with Gasteiger partial charge in [0.15, 0.2) is 0 Å². The van der Waals surface area contributed by atoms with Crippen LogP contribution in [0.1, 0.15) is 56.2 Å². The van der Waals surface area contributed by atoms with Gasteiger partial charge in [-0.15, -0.1) is 0 Å². The normalized spacial score (nSPS) is 13.4. The van der Waals surface area contributed by atoms with Crippen LogP contribution < -0.4 is 10.1 Å². The molecular weight excluding hydrogens is 294 g/mol. The van der Waals surface area contributed by atoms with Crippen molar-refractivity contribution in [1.29, 1.82) is 0 Å². The van der Waals surface area contributed by atoms with E-state index in [4.69, 9.17) is 4.74 Å². The lowest BCUT2D eigenvalue weighted by atomic mass is 9.98. The largest absolute Gasteiger partial charge is 0.488 e. The molecule has 0 saturated carbocycles. The molecule has 2 aromatic carbocycles. The van der Waals surface area contributed by atoms with Crippen molar-refractivity contribution in [2.75, 3.05) is 11.9 Å². The van der Waals surface area contributed by atoms with Crippen LogP contribution in [0.5, 0.6) is 5.75 Å². The predicted molar refractivity (Wildman–Crippen MR) is 104 cm³/mol. The Labute approximate surface area is 147 Å². The number of nitrogens with one attached hydrogen (secondary N) is 1. The van der Waals surface area contributed by atoms with Crippen molar-refractivity contribution in [2.24, 2.45) is 0 Å². The number of anilines is 1. The molecule has 2 rings (SSSR count). The Morgan fingerprint density at radius 2 is 1.58 bits per heavy atom. The van der Waals surface area contributed by atoms with Crippen LogP contribution in [0.2, 0.25) is 0 Å². The Bertz CT molecular complexity index is 630. The number of para-hydroxylation sites is 2. The highest BCUT2D eigenvalue weighted by molar-refractivity contribution is 5.56. The number of hydrogen-bond donors (Lipinski definition) is 1. The highest BCUT2D eigenvalue weighted by atomic mass is 16.5. The van der Waals surface area contributed by atoms with E-state index in [1.165, 1.54) is 22.4 Å². The van der Waals surface area contributed by atoms with Crippen LogP contribution in [-0.2, 0) is 0 Å². The molecule has 0 aliphatic rings. The molecule has 1 N–H and O–H groups in total. The lowest BCUT2D eigenvalue weighted by Crippen LogP contribution is -2.26. The van der Waals surface area contributed by atoms with Gasteiger partial charge in [0.05, 0.1) is 6.54 Å². The molecule has 2 nitrogen and oxygen atoms in total. The molecule has 0 spiro atoms. The summed E-state index contributed by atoms with van der Waals surface area (Å²) in [6.07, 6.45) is 2.26. The monoisotopic (exact) mass is 325 g/mol. The molecule has 0 amide bonds. The third kappa shape index (κ3) is 4.53. The summed E-state index contributed by atoms with van der Waals surface area (Å²) >= 11 is 0. The Kier molecular flexibility index (Phi) is 6.72. The van der Waals surface area contributed by atoms with E-state index >= 15 is 0 Å². The number of benzene rings is 2. The number of hydrogen-bond acceptors (Lipinski definition) is 2. The van der Waals surface area contributed by atoms with E-state index in [1.54, 1.807) is 0 Å². The Morgan fingerprint density at radius 1 is 0.917 bits per heavy atom. The standard InChI is InChI=1S/C22H31NO/c1-6-16(3)20-13-8-9-14-21(20)24-19(7-2)15-23-22-17(4)11-10-12-18(22)5/h8-14,16,19,23H,6-7,15H2,1-5H3. The fraction of sp³-hybridized carbons (Fsp3) is 0.455. The highest BCUT2D eigenvalue weighted by Crippen LogP contribution is 2.29. The molecule has 2 aromatic rings. The maximum Gasteiger partial charge on any atom is 0.123 e. The second-order valence-corrected chi connectivity index (χ2v) is 6.64. The first-order chi connectivity index (χ1) is 11.6. The van der Waals surface area contributed by atoms with Gasteiger partial charge < -0.3 is 10.1 Å². The van der Waals surface area contributed by atoms with E-state index in [9.17, 15) is 0 Å². The van der Waals surface area contributed by atoms with Gasteiger partial charge >= 0.3 is 0 Å². The van der Waals surface area contributed by atoms with Crippen molar-refractivity contribution in [3.8, 4) is 5.75 Å². The van der Waals surface area contributed by atoms with Gasteiger partial charge in [0.1, 0.15) is 11.9 Å². The number of rotatable bonds is 8. The van der Waals surface area contributed by atoms with Gasteiger partial charge in [0.2, 0.25) is 0 Å². The van der Waals surface area contributed by atoms with Crippen molar-refractivity contribution < 1.29 is 4.74 Å². The van der Waals surface area contributed by atoms with Gasteiger partial charge in [0, 0.05) is 5.69 Å². The second kappa shape index (κ2) is 8.77. The highest BCUT2D eigenvalue weighted by Gasteiger charge is 2.14. The van der Waals surface area contributed by atoms with Crippen LogP contribution >= 0.6 is 0 Å². The lowest BCUT2D eigenvalue weighted by Gasteiger charge is -2.23. The summed E-state index contributed by atoms with van der Waals surface area (Å²) in [6, 6.07) is 14.9. The summed E-state index contributed by atoms with van der Waals surface area (Å²) in [5, 5.41) is 3.59. The first-order valence-electron chi connectivity index (χ1n) is 9.12. The van der Waals surface area contributed by atoms with Gasteiger partial charge in [0.25, 0.3) is 0 Å². The minimum atomic E-state index is 0.161. The van der Waals surface area contributed by atoms with Crippen LogP contribution in [0, 0.1) is 13.8 Å². The van der Waals surface area contributed by atoms with Gasteiger partial charge in [-0.3, -0.25) is 0 Å². The zero-order valence-electron chi connectivity index (χ0n) is 15.7. The topological polar surface area (TPSA) is 21.3 Å². The molecule has 2 atom stereocenters. The maximum atomic E-state index is 6.36. The van der Waals surface area contributed by atoms with Crippen molar-refractivity contribution in [2.45, 2.75) is 59.5 Å². The second-order valence-electron chi connectivity index (χ2n) is 6.64. The van der Waals surface area contributed by atoms with Crippen molar-refractivity contribution in [3.05, 3.63) is 59.2 Å². The van der Waals surface area contributed by atoms with Crippen molar-refractivity contribution in [3.63, 3.8) is 0 Å². The zero-order chi connectivity index (χ0) is 17.5. The van der Waals surface area contributed by atoms with Crippen LogP contribution in [-0.4, -0.2) is 12.6 Å². The Hall–Kier alpha value is -1.96. The van der Waals surface area contributed by atoms with Crippen molar-refractivity contribution in [1.82, 2.24) is 0 Å². The summed E-state index contributed by atoms with van der Waals surface area (Å²) in [5.41, 5.74) is 5.11.